The third-order valence-electron chi connectivity index (χ3n) is 4.72. The maximum atomic E-state index is 9.25. The van der Waals surface area contributed by atoms with Crippen LogP contribution in [0.15, 0.2) is 22.7 Å². The van der Waals surface area contributed by atoms with Crippen LogP contribution in [0, 0.1) is 11.3 Å². The van der Waals surface area contributed by atoms with Gasteiger partial charge in [0, 0.05) is 17.1 Å². The molecule has 3 rings (SSSR count). The molecule has 1 aliphatic carbocycles. The molecular weight excluding hydrogens is 328 g/mol. The van der Waals surface area contributed by atoms with Crippen molar-refractivity contribution in [3.8, 4) is 6.07 Å². The highest BCUT2D eigenvalue weighted by atomic mass is 79.9. The molecule has 2 aliphatic rings. The molecular formula is C17H21BrN2O. The Balaban J connectivity index is 1.73. The van der Waals surface area contributed by atoms with Crippen molar-refractivity contribution in [2.24, 2.45) is 0 Å². The average Bonchev–Trinajstić information content (AvgIpc) is 2.48. The van der Waals surface area contributed by atoms with Gasteiger partial charge in [-0.3, -0.25) is 0 Å². The molecule has 1 saturated carbocycles. The molecule has 1 atom stereocenters. The van der Waals surface area contributed by atoms with Crippen molar-refractivity contribution in [3.63, 3.8) is 0 Å². The molecule has 1 aromatic rings. The van der Waals surface area contributed by atoms with Crippen molar-refractivity contribution in [1.29, 1.82) is 5.26 Å². The summed E-state index contributed by atoms with van der Waals surface area (Å²) in [6.45, 7) is 0.827. The first-order valence-corrected chi connectivity index (χ1v) is 8.60. The topological polar surface area (TPSA) is 45.0 Å². The lowest BCUT2D eigenvalue weighted by Gasteiger charge is -2.44. The van der Waals surface area contributed by atoms with Gasteiger partial charge in [0.05, 0.1) is 16.9 Å². The molecule has 1 heterocycles. The van der Waals surface area contributed by atoms with Crippen LogP contribution in [0.25, 0.3) is 0 Å². The van der Waals surface area contributed by atoms with Gasteiger partial charge in [0.1, 0.15) is 6.07 Å². The SMILES string of the molecule is N#Cc1ccc(Br)cc1NC1CCOC2(CCCCC2)C1. The zero-order valence-electron chi connectivity index (χ0n) is 12.2. The highest BCUT2D eigenvalue weighted by Gasteiger charge is 2.38. The van der Waals surface area contributed by atoms with Crippen molar-refractivity contribution >= 4 is 21.6 Å². The van der Waals surface area contributed by atoms with Crippen LogP contribution in [-0.4, -0.2) is 18.2 Å². The summed E-state index contributed by atoms with van der Waals surface area (Å²) in [4.78, 5) is 0. The molecule has 1 unspecified atom stereocenters. The Kier molecular flexibility index (Phi) is 4.51. The van der Waals surface area contributed by atoms with Crippen LogP contribution in [0.1, 0.15) is 50.5 Å². The van der Waals surface area contributed by atoms with E-state index in [1.54, 1.807) is 0 Å². The quantitative estimate of drug-likeness (QED) is 0.848. The standard InChI is InChI=1S/C17H21BrN2O/c18-14-5-4-13(12-19)16(10-14)20-15-6-9-21-17(11-15)7-2-1-3-8-17/h4-5,10,15,20H,1-3,6-9,11H2. The van der Waals surface area contributed by atoms with E-state index in [0.717, 1.165) is 29.6 Å². The minimum atomic E-state index is 0.0903. The fraction of sp³-hybridized carbons (Fsp3) is 0.588. The van der Waals surface area contributed by atoms with Gasteiger partial charge in [-0.25, -0.2) is 0 Å². The number of hydrogen-bond acceptors (Lipinski definition) is 3. The van der Waals surface area contributed by atoms with E-state index in [0.29, 0.717) is 11.6 Å². The minimum Gasteiger partial charge on any atom is -0.381 e. The second-order valence-corrected chi connectivity index (χ2v) is 7.14. The molecule has 1 N–H and O–H groups in total. The van der Waals surface area contributed by atoms with E-state index in [4.69, 9.17) is 4.74 Å². The summed E-state index contributed by atoms with van der Waals surface area (Å²) in [6.07, 6.45) is 8.36. The third-order valence-corrected chi connectivity index (χ3v) is 5.21. The molecule has 0 amide bonds. The summed E-state index contributed by atoms with van der Waals surface area (Å²) in [5.74, 6) is 0. The van der Waals surface area contributed by atoms with Gasteiger partial charge in [-0.05, 0) is 43.9 Å². The maximum Gasteiger partial charge on any atom is 0.101 e. The van der Waals surface area contributed by atoms with Crippen molar-refractivity contribution in [3.05, 3.63) is 28.2 Å². The normalized spacial score (nSPS) is 24.5. The van der Waals surface area contributed by atoms with Crippen LogP contribution in [0.5, 0.6) is 0 Å². The molecule has 2 fully saturated rings. The molecule has 1 saturated heterocycles. The Bertz CT molecular complexity index is 541. The molecule has 21 heavy (non-hydrogen) atoms. The molecule has 1 aliphatic heterocycles. The Labute approximate surface area is 134 Å². The Morgan fingerprint density at radius 2 is 2.10 bits per heavy atom. The molecule has 1 spiro atoms. The summed E-state index contributed by atoms with van der Waals surface area (Å²) in [5, 5.41) is 12.8. The summed E-state index contributed by atoms with van der Waals surface area (Å²) in [5.41, 5.74) is 1.74. The van der Waals surface area contributed by atoms with Crippen LogP contribution in [-0.2, 0) is 4.74 Å². The van der Waals surface area contributed by atoms with Gasteiger partial charge in [0.15, 0.2) is 0 Å². The zero-order chi connectivity index (χ0) is 14.7. The van der Waals surface area contributed by atoms with Crippen LogP contribution in [0.3, 0.4) is 0 Å². The number of nitrogens with zero attached hydrogens (tertiary/aromatic N) is 1. The number of ether oxygens (including phenoxy) is 1. The van der Waals surface area contributed by atoms with Crippen molar-refractivity contribution in [2.75, 3.05) is 11.9 Å². The average molecular weight is 349 g/mol. The smallest absolute Gasteiger partial charge is 0.101 e. The number of anilines is 1. The van der Waals surface area contributed by atoms with Crippen LogP contribution in [0.4, 0.5) is 5.69 Å². The molecule has 1 aromatic carbocycles. The van der Waals surface area contributed by atoms with Gasteiger partial charge in [-0.15, -0.1) is 0 Å². The van der Waals surface area contributed by atoms with Gasteiger partial charge in [-0.2, -0.15) is 5.26 Å². The van der Waals surface area contributed by atoms with Gasteiger partial charge < -0.3 is 10.1 Å². The minimum absolute atomic E-state index is 0.0903. The van der Waals surface area contributed by atoms with Gasteiger partial charge >= 0.3 is 0 Å². The van der Waals surface area contributed by atoms with Gasteiger partial charge in [-0.1, -0.05) is 35.2 Å². The molecule has 0 radical (unpaired) electrons. The third kappa shape index (κ3) is 3.41. The molecule has 3 nitrogen and oxygen atoms in total. The second-order valence-electron chi connectivity index (χ2n) is 6.23. The first-order chi connectivity index (χ1) is 10.2. The lowest BCUT2D eigenvalue weighted by Crippen LogP contribution is -2.45. The van der Waals surface area contributed by atoms with Crippen molar-refractivity contribution < 1.29 is 4.74 Å². The summed E-state index contributed by atoms with van der Waals surface area (Å²) in [6, 6.07) is 8.45. The lowest BCUT2D eigenvalue weighted by molar-refractivity contribution is -0.103. The van der Waals surface area contributed by atoms with Gasteiger partial charge in [0.2, 0.25) is 0 Å². The van der Waals surface area contributed by atoms with Crippen molar-refractivity contribution in [2.45, 2.75) is 56.6 Å². The van der Waals surface area contributed by atoms with E-state index < -0.39 is 0 Å². The van der Waals surface area contributed by atoms with Crippen molar-refractivity contribution in [1.82, 2.24) is 0 Å². The highest BCUT2D eigenvalue weighted by molar-refractivity contribution is 9.10. The summed E-state index contributed by atoms with van der Waals surface area (Å²) in [7, 11) is 0. The second kappa shape index (κ2) is 6.37. The van der Waals surface area contributed by atoms with E-state index in [1.807, 2.05) is 18.2 Å². The number of rotatable bonds is 2. The fourth-order valence-electron chi connectivity index (χ4n) is 3.65. The van der Waals surface area contributed by atoms with Crippen LogP contribution >= 0.6 is 15.9 Å². The molecule has 0 bridgehead atoms. The molecule has 0 aromatic heterocycles. The fourth-order valence-corrected chi connectivity index (χ4v) is 4.01. The van der Waals surface area contributed by atoms with E-state index in [2.05, 4.69) is 27.3 Å². The predicted octanol–water partition coefficient (Wildman–Crippen LogP) is 4.61. The Morgan fingerprint density at radius 3 is 2.86 bits per heavy atom. The number of benzene rings is 1. The van der Waals surface area contributed by atoms with E-state index in [9.17, 15) is 5.26 Å². The Hall–Kier alpha value is -1.05. The van der Waals surface area contributed by atoms with Crippen LogP contribution < -0.4 is 5.32 Å². The van der Waals surface area contributed by atoms with E-state index in [-0.39, 0.29) is 5.60 Å². The first kappa shape index (κ1) is 14.9. The first-order valence-electron chi connectivity index (χ1n) is 7.81. The van der Waals surface area contributed by atoms with E-state index >= 15 is 0 Å². The number of nitriles is 1. The monoisotopic (exact) mass is 348 g/mol. The molecule has 112 valence electrons. The lowest BCUT2D eigenvalue weighted by atomic mass is 9.78. The summed E-state index contributed by atoms with van der Waals surface area (Å²) >= 11 is 3.49. The zero-order valence-corrected chi connectivity index (χ0v) is 13.8. The largest absolute Gasteiger partial charge is 0.381 e. The maximum absolute atomic E-state index is 9.25. The highest BCUT2D eigenvalue weighted by Crippen LogP contribution is 2.39. The molecule has 4 heteroatoms. The van der Waals surface area contributed by atoms with E-state index in [1.165, 1.54) is 32.1 Å². The number of hydrogen-bond donors (Lipinski definition) is 1. The number of halogens is 1. The van der Waals surface area contributed by atoms with Gasteiger partial charge in [0.25, 0.3) is 0 Å². The van der Waals surface area contributed by atoms with Crippen LogP contribution in [0.2, 0.25) is 0 Å². The predicted molar refractivity (Wildman–Crippen MR) is 87.3 cm³/mol. The summed E-state index contributed by atoms with van der Waals surface area (Å²) < 4.78 is 7.14. The number of nitrogens with one attached hydrogen (secondary N) is 1. The Morgan fingerprint density at radius 1 is 1.29 bits per heavy atom.